The van der Waals surface area contributed by atoms with Crippen molar-refractivity contribution in [3.63, 3.8) is 0 Å². The van der Waals surface area contributed by atoms with Gasteiger partial charge in [-0.05, 0) is 24.6 Å². The van der Waals surface area contributed by atoms with Crippen molar-refractivity contribution < 1.29 is 19.1 Å². The standard InChI is InChI=1S/C12H11BrO4/c1-12(11(15)16-2)6-8-7(10(14)17-12)4-3-5-9(8)13/h3-5H,6H2,1-2H3. The highest BCUT2D eigenvalue weighted by molar-refractivity contribution is 9.10. The second-order valence-electron chi connectivity index (χ2n) is 4.05. The molecule has 0 saturated carbocycles. The predicted molar refractivity (Wildman–Crippen MR) is 63.7 cm³/mol. The summed E-state index contributed by atoms with van der Waals surface area (Å²) in [4.78, 5) is 23.5. The fourth-order valence-corrected chi connectivity index (χ4v) is 2.40. The number of esters is 2. The number of fused-ring (bicyclic) bond motifs is 1. The van der Waals surface area contributed by atoms with Crippen molar-refractivity contribution in [1.29, 1.82) is 0 Å². The molecular weight excluding hydrogens is 288 g/mol. The van der Waals surface area contributed by atoms with Crippen LogP contribution in [0, 0.1) is 0 Å². The number of ether oxygens (including phenoxy) is 2. The van der Waals surface area contributed by atoms with E-state index in [1.54, 1.807) is 19.1 Å². The van der Waals surface area contributed by atoms with Gasteiger partial charge >= 0.3 is 11.9 Å². The van der Waals surface area contributed by atoms with Crippen molar-refractivity contribution >= 4 is 27.9 Å². The summed E-state index contributed by atoms with van der Waals surface area (Å²) in [5.41, 5.74) is 0.0142. The van der Waals surface area contributed by atoms with E-state index in [0.717, 1.165) is 10.0 Å². The molecule has 1 unspecified atom stereocenters. The first-order chi connectivity index (χ1) is 7.98. The van der Waals surface area contributed by atoms with Gasteiger partial charge in [-0.25, -0.2) is 9.59 Å². The van der Waals surface area contributed by atoms with Gasteiger partial charge in [-0.2, -0.15) is 0 Å². The molecule has 0 radical (unpaired) electrons. The molecule has 5 heteroatoms. The van der Waals surface area contributed by atoms with Gasteiger partial charge in [-0.1, -0.05) is 22.0 Å². The SMILES string of the molecule is COC(=O)C1(C)Cc2c(Br)cccc2C(=O)O1. The molecule has 90 valence electrons. The van der Waals surface area contributed by atoms with Crippen LogP contribution in [0.5, 0.6) is 0 Å². The van der Waals surface area contributed by atoms with Gasteiger partial charge in [-0.15, -0.1) is 0 Å². The number of methoxy groups -OCH3 is 1. The van der Waals surface area contributed by atoms with Crippen molar-refractivity contribution in [1.82, 2.24) is 0 Å². The number of rotatable bonds is 1. The number of halogens is 1. The van der Waals surface area contributed by atoms with Crippen LogP contribution in [0.2, 0.25) is 0 Å². The van der Waals surface area contributed by atoms with Crippen molar-refractivity contribution in [3.05, 3.63) is 33.8 Å². The molecule has 0 saturated heterocycles. The molecule has 0 aromatic heterocycles. The van der Waals surface area contributed by atoms with E-state index >= 15 is 0 Å². The Morgan fingerprint density at radius 1 is 1.53 bits per heavy atom. The van der Waals surface area contributed by atoms with Crippen molar-refractivity contribution in [2.75, 3.05) is 7.11 Å². The van der Waals surface area contributed by atoms with E-state index in [1.807, 2.05) is 6.07 Å². The molecular formula is C12H11BrO4. The molecule has 17 heavy (non-hydrogen) atoms. The van der Waals surface area contributed by atoms with Crippen LogP contribution in [0.3, 0.4) is 0 Å². The Balaban J connectivity index is 2.49. The summed E-state index contributed by atoms with van der Waals surface area (Å²) in [6.07, 6.45) is 0.308. The average molecular weight is 299 g/mol. The van der Waals surface area contributed by atoms with E-state index in [9.17, 15) is 9.59 Å². The van der Waals surface area contributed by atoms with Crippen LogP contribution in [0.4, 0.5) is 0 Å². The maximum Gasteiger partial charge on any atom is 0.350 e. The molecule has 1 atom stereocenters. The molecule has 0 aliphatic carbocycles. The third kappa shape index (κ3) is 1.95. The molecule has 1 aliphatic heterocycles. The summed E-state index contributed by atoms with van der Waals surface area (Å²) >= 11 is 3.37. The van der Waals surface area contributed by atoms with E-state index in [1.165, 1.54) is 7.11 Å². The van der Waals surface area contributed by atoms with Gasteiger partial charge in [0.05, 0.1) is 12.7 Å². The lowest BCUT2D eigenvalue weighted by atomic mass is 9.90. The number of hydrogen-bond acceptors (Lipinski definition) is 4. The Labute approximate surface area is 107 Å². The molecule has 0 amide bonds. The average Bonchev–Trinajstić information content (AvgIpc) is 2.29. The van der Waals surface area contributed by atoms with E-state index in [0.29, 0.717) is 12.0 Å². The van der Waals surface area contributed by atoms with Gasteiger partial charge in [0.2, 0.25) is 5.60 Å². The maximum atomic E-state index is 11.8. The first-order valence-electron chi connectivity index (χ1n) is 5.07. The van der Waals surface area contributed by atoms with Gasteiger partial charge < -0.3 is 9.47 Å². The minimum atomic E-state index is -1.25. The van der Waals surface area contributed by atoms with Crippen molar-refractivity contribution in [2.24, 2.45) is 0 Å². The molecule has 4 nitrogen and oxygen atoms in total. The Morgan fingerprint density at radius 3 is 2.88 bits per heavy atom. The summed E-state index contributed by atoms with van der Waals surface area (Å²) in [5.74, 6) is -1.05. The van der Waals surface area contributed by atoms with E-state index < -0.39 is 17.5 Å². The Kier molecular flexibility index (Phi) is 2.95. The number of cyclic esters (lactones) is 1. The molecule has 0 N–H and O–H groups in total. The van der Waals surface area contributed by atoms with Crippen LogP contribution >= 0.6 is 15.9 Å². The minimum absolute atomic E-state index is 0.308. The molecule has 1 heterocycles. The quantitative estimate of drug-likeness (QED) is 0.745. The van der Waals surface area contributed by atoms with Gasteiger partial charge in [-0.3, -0.25) is 0 Å². The van der Waals surface area contributed by atoms with Crippen molar-refractivity contribution in [2.45, 2.75) is 18.9 Å². The molecule has 0 fully saturated rings. The highest BCUT2D eigenvalue weighted by atomic mass is 79.9. The number of hydrogen-bond donors (Lipinski definition) is 0. The molecule has 1 aliphatic rings. The third-order valence-electron chi connectivity index (χ3n) is 2.79. The number of carbonyl (C=O) groups excluding carboxylic acids is 2. The minimum Gasteiger partial charge on any atom is -0.466 e. The van der Waals surface area contributed by atoms with Gasteiger partial charge in [0.25, 0.3) is 0 Å². The fourth-order valence-electron chi connectivity index (χ4n) is 1.89. The van der Waals surface area contributed by atoms with E-state index in [4.69, 9.17) is 4.74 Å². The van der Waals surface area contributed by atoms with Crippen LogP contribution in [0.15, 0.2) is 22.7 Å². The normalized spacial score (nSPS) is 22.6. The summed E-state index contributed by atoms with van der Waals surface area (Å²) < 4.78 is 10.6. The van der Waals surface area contributed by atoms with Gasteiger partial charge in [0.1, 0.15) is 0 Å². The van der Waals surface area contributed by atoms with E-state index in [-0.39, 0.29) is 0 Å². The second kappa shape index (κ2) is 4.14. The zero-order valence-electron chi connectivity index (χ0n) is 9.45. The first kappa shape index (κ1) is 12.1. The molecule has 0 bridgehead atoms. The topological polar surface area (TPSA) is 52.6 Å². The fraction of sp³-hybridized carbons (Fsp3) is 0.333. The Morgan fingerprint density at radius 2 is 2.24 bits per heavy atom. The Hall–Kier alpha value is -1.36. The van der Waals surface area contributed by atoms with Crippen LogP contribution in [-0.4, -0.2) is 24.6 Å². The summed E-state index contributed by atoms with van der Waals surface area (Å²) in [7, 11) is 1.27. The smallest absolute Gasteiger partial charge is 0.350 e. The lowest BCUT2D eigenvalue weighted by Gasteiger charge is -2.32. The number of benzene rings is 1. The van der Waals surface area contributed by atoms with Crippen LogP contribution in [0.25, 0.3) is 0 Å². The van der Waals surface area contributed by atoms with Crippen LogP contribution in [-0.2, 0) is 20.7 Å². The lowest BCUT2D eigenvalue weighted by Crippen LogP contribution is -2.46. The summed E-state index contributed by atoms with van der Waals surface area (Å²) in [6.45, 7) is 1.55. The van der Waals surface area contributed by atoms with Gasteiger partial charge in [0.15, 0.2) is 0 Å². The first-order valence-corrected chi connectivity index (χ1v) is 5.86. The molecule has 0 spiro atoms. The van der Waals surface area contributed by atoms with Gasteiger partial charge in [0, 0.05) is 10.9 Å². The lowest BCUT2D eigenvalue weighted by molar-refractivity contribution is -0.161. The highest BCUT2D eigenvalue weighted by Gasteiger charge is 2.44. The summed E-state index contributed by atoms with van der Waals surface area (Å²) in [6, 6.07) is 5.26. The Bertz CT molecular complexity index is 497. The zero-order valence-corrected chi connectivity index (χ0v) is 11.0. The van der Waals surface area contributed by atoms with E-state index in [2.05, 4.69) is 20.7 Å². The monoisotopic (exact) mass is 298 g/mol. The van der Waals surface area contributed by atoms with Crippen LogP contribution < -0.4 is 0 Å². The highest BCUT2D eigenvalue weighted by Crippen LogP contribution is 2.33. The van der Waals surface area contributed by atoms with Crippen LogP contribution in [0.1, 0.15) is 22.8 Å². The molecule has 1 aromatic rings. The maximum absolute atomic E-state index is 11.8. The van der Waals surface area contributed by atoms with Crippen molar-refractivity contribution in [3.8, 4) is 0 Å². The number of carbonyl (C=O) groups is 2. The zero-order chi connectivity index (χ0) is 12.6. The summed E-state index contributed by atoms with van der Waals surface area (Å²) in [5, 5.41) is 0. The molecule has 2 rings (SSSR count). The molecule has 1 aromatic carbocycles. The largest absolute Gasteiger partial charge is 0.466 e. The third-order valence-corrected chi connectivity index (χ3v) is 3.53. The predicted octanol–water partition coefficient (Wildman–Crippen LogP) is 2.09. The second-order valence-corrected chi connectivity index (χ2v) is 4.91.